The molecule has 2 aromatic carbocycles. The molecule has 3 rings (SSSR count). The number of aryl methyl sites for hydroxylation is 1. The van der Waals surface area contributed by atoms with Gasteiger partial charge in [-0.05, 0) is 43.2 Å². The predicted octanol–water partition coefficient (Wildman–Crippen LogP) is 3.99. The Morgan fingerprint density at radius 3 is 2.44 bits per heavy atom. The Hall–Kier alpha value is -2.07. The van der Waals surface area contributed by atoms with Crippen LogP contribution in [0.1, 0.15) is 16.7 Å². The van der Waals surface area contributed by atoms with Crippen molar-refractivity contribution in [3.8, 4) is 0 Å². The van der Waals surface area contributed by atoms with E-state index in [2.05, 4.69) is 36.9 Å². The number of benzene rings is 2. The van der Waals surface area contributed by atoms with Gasteiger partial charge in [0.25, 0.3) is 0 Å². The first-order valence-corrected chi connectivity index (χ1v) is 8.87. The fourth-order valence-corrected chi connectivity index (χ4v) is 3.47. The van der Waals surface area contributed by atoms with Crippen LogP contribution in [0.3, 0.4) is 0 Å². The van der Waals surface area contributed by atoms with E-state index in [0.717, 1.165) is 13.1 Å². The molecule has 0 saturated carbocycles. The van der Waals surface area contributed by atoms with Gasteiger partial charge in [0.1, 0.15) is 5.82 Å². The molecule has 0 atom stereocenters. The van der Waals surface area contributed by atoms with Gasteiger partial charge in [0, 0.05) is 42.5 Å². The molecule has 1 aliphatic rings. The van der Waals surface area contributed by atoms with E-state index in [9.17, 15) is 9.18 Å². The molecule has 1 heterocycles. The van der Waals surface area contributed by atoms with Gasteiger partial charge in [0.15, 0.2) is 0 Å². The van der Waals surface area contributed by atoms with E-state index in [1.807, 2.05) is 0 Å². The number of amides is 1. The van der Waals surface area contributed by atoms with Crippen LogP contribution in [0.5, 0.6) is 0 Å². The number of piperazine rings is 1. The van der Waals surface area contributed by atoms with Crippen LogP contribution in [0.15, 0.2) is 36.4 Å². The highest BCUT2D eigenvalue weighted by Crippen LogP contribution is 2.24. The molecule has 1 amide bonds. The van der Waals surface area contributed by atoms with Crippen LogP contribution in [-0.4, -0.2) is 37.0 Å². The largest absolute Gasteiger partial charge is 0.368 e. The lowest BCUT2D eigenvalue weighted by Crippen LogP contribution is -2.49. The lowest BCUT2D eigenvalue weighted by atomic mass is 10.1. The standard InChI is InChI=1S/C20H22ClFN2O/c1-14-5-3-8-19(15(14)2)23-9-11-24(12-10-23)20(25)13-16-17(21)6-4-7-18(16)22/h3-8H,9-13H2,1-2H3. The summed E-state index contributed by atoms with van der Waals surface area (Å²) in [5.74, 6) is -0.498. The Morgan fingerprint density at radius 1 is 1.08 bits per heavy atom. The quantitative estimate of drug-likeness (QED) is 0.826. The average Bonchev–Trinajstić information content (AvgIpc) is 2.61. The van der Waals surface area contributed by atoms with Gasteiger partial charge in [0.2, 0.25) is 5.91 Å². The van der Waals surface area contributed by atoms with Crippen LogP contribution in [0.25, 0.3) is 0 Å². The maximum atomic E-state index is 13.9. The molecule has 2 aromatic rings. The molecule has 0 radical (unpaired) electrons. The molecular formula is C20H22ClFN2O. The minimum absolute atomic E-state index is 0.00891. The highest BCUT2D eigenvalue weighted by Gasteiger charge is 2.23. The van der Waals surface area contributed by atoms with Gasteiger partial charge >= 0.3 is 0 Å². The fraction of sp³-hybridized carbons (Fsp3) is 0.350. The molecule has 0 N–H and O–H groups in total. The molecule has 0 unspecified atom stereocenters. The zero-order chi connectivity index (χ0) is 18.0. The molecule has 1 aliphatic heterocycles. The van der Waals surface area contributed by atoms with Crippen molar-refractivity contribution in [3.63, 3.8) is 0 Å². The molecule has 0 spiro atoms. The first-order chi connectivity index (χ1) is 12.0. The highest BCUT2D eigenvalue weighted by molar-refractivity contribution is 6.31. The number of carbonyl (C=O) groups excluding carboxylic acids is 1. The number of rotatable bonds is 3. The third kappa shape index (κ3) is 3.79. The van der Waals surface area contributed by atoms with Crippen molar-refractivity contribution >= 4 is 23.2 Å². The third-order valence-corrected chi connectivity index (χ3v) is 5.29. The Labute approximate surface area is 153 Å². The van der Waals surface area contributed by atoms with Crippen molar-refractivity contribution in [2.75, 3.05) is 31.1 Å². The van der Waals surface area contributed by atoms with Crippen molar-refractivity contribution < 1.29 is 9.18 Å². The van der Waals surface area contributed by atoms with E-state index in [4.69, 9.17) is 11.6 Å². The van der Waals surface area contributed by atoms with E-state index < -0.39 is 5.82 Å². The molecule has 5 heteroatoms. The number of hydrogen-bond acceptors (Lipinski definition) is 2. The number of carbonyl (C=O) groups is 1. The predicted molar refractivity (Wildman–Crippen MR) is 99.8 cm³/mol. The zero-order valence-corrected chi connectivity index (χ0v) is 15.3. The van der Waals surface area contributed by atoms with Crippen LogP contribution in [0.2, 0.25) is 5.02 Å². The molecule has 0 bridgehead atoms. The molecule has 132 valence electrons. The van der Waals surface area contributed by atoms with Gasteiger partial charge < -0.3 is 9.80 Å². The summed E-state index contributed by atoms with van der Waals surface area (Å²) in [7, 11) is 0. The number of halogens is 2. The smallest absolute Gasteiger partial charge is 0.227 e. The summed E-state index contributed by atoms with van der Waals surface area (Å²) >= 11 is 6.03. The van der Waals surface area contributed by atoms with Crippen LogP contribution >= 0.6 is 11.6 Å². The van der Waals surface area contributed by atoms with E-state index in [-0.39, 0.29) is 17.9 Å². The average molecular weight is 361 g/mol. The lowest BCUT2D eigenvalue weighted by molar-refractivity contribution is -0.130. The van der Waals surface area contributed by atoms with Gasteiger partial charge in [-0.2, -0.15) is 0 Å². The Bertz CT molecular complexity index is 765. The highest BCUT2D eigenvalue weighted by atomic mass is 35.5. The lowest BCUT2D eigenvalue weighted by Gasteiger charge is -2.37. The Balaban J connectivity index is 1.64. The van der Waals surface area contributed by atoms with Crippen molar-refractivity contribution in [2.24, 2.45) is 0 Å². The van der Waals surface area contributed by atoms with Crippen molar-refractivity contribution in [1.29, 1.82) is 0 Å². The minimum atomic E-state index is -0.421. The van der Waals surface area contributed by atoms with Gasteiger partial charge in [-0.25, -0.2) is 4.39 Å². The second-order valence-electron chi connectivity index (χ2n) is 6.46. The number of nitrogens with zero attached hydrogens (tertiary/aromatic N) is 2. The van der Waals surface area contributed by atoms with Crippen LogP contribution in [0, 0.1) is 19.7 Å². The Morgan fingerprint density at radius 2 is 1.76 bits per heavy atom. The summed E-state index contributed by atoms with van der Waals surface area (Å²) in [5, 5.41) is 0.308. The van der Waals surface area contributed by atoms with Gasteiger partial charge in [-0.1, -0.05) is 29.8 Å². The normalized spacial score (nSPS) is 14.7. The molecule has 3 nitrogen and oxygen atoms in total. The van der Waals surface area contributed by atoms with Crippen LogP contribution < -0.4 is 4.90 Å². The van der Waals surface area contributed by atoms with Crippen molar-refractivity contribution in [1.82, 2.24) is 4.90 Å². The van der Waals surface area contributed by atoms with Crippen molar-refractivity contribution in [2.45, 2.75) is 20.3 Å². The monoisotopic (exact) mass is 360 g/mol. The number of hydrogen-bond donors (Lipinski definition) is 0. The topological polar surface area (TPSA) is 23.6 Å². The van der Waals surface area contributed by atoms with E-state index >= 15 is 0 Å². The molecule has 1 saturated heterocycles. The molecular weight excluding hydrogens is 339 g/mol. The summed E-state index contributed by atoms with van der Waals surface area (Å²) in [6.07, 6.45) is 0.00891. The second-order valence-corrected chi connectivity index (χ2v) is 6.87. The summed E-state index contributed by atoms with van der Waals surface area (Å²) in [4.78, 5) is 16.6. The first kappa shape index (κ1) is 17.7. The Kier molecular flexibility index (Phi) is 5.28. The van der Waals surface area contributed by atoms with E-state index in [1.165, 1.54) is 22.9 Å². The van der Waals surface area contributed by atoms with Gasteiger partial charge in [0.05, 0.1) is 6.42 Å². The van der Waals surface area contributed by atoms with Crippen LogP contribution in [-0.2, 0) is 11.2 Å². The number of anilines is 1. The third-order valence-electron chi connectivity index (χ3n) is 4.94. The fourth-order valence-electron chi connectivity index (χ4n) is 3.24. The second kappa shape index (κ2) is 7.44. The van der Waals surface area contributed by atoms with Crippen molar-refractivity contribution in [3.05, 3.63) is 63.9 Å². The SMILES string of the molecule is Cc1cccc(N2CCN(C(=O)Cc3c(F)cccc3Cl)CC2)c1C. The molecule has 0 aromatic heterocycles. The summed E-state index contributed by atoms with van der Waals surface area (Å²) < 4.78 is 13.9. The summed E-state index contributed by atoms with van der Waals surface area (Å²) in [6.45, 7) is 7.07. The first-order valence-electron chi connectivity index (χ1n) is 8.49. The molecule has 0 aliphatic carbocycles. The molecule has 25 heavy (non-hydrogen) atoms. The van der Waals surface area contributed by atoms with E-state index in [1.54, 1.807) is 17.0 Å². The van der Waals surface area contributed by atoms with Crippen LogP contribution in [0.4, 0.5) is 10.1 Å². The maximum Gasteiger partial charge on any atom is 0.227 e. The van der Waals surface area contributed by atoms with Gasteiger partial charge in [-0.3, -0.25) is 4.79 Å². The zero-order valence-electron chi connectivity index (χ0n) is 14.6. The molecule has 1 fully saturated rings. The van der Waals surface area contributed by atoms with E-state index in [0.29, 0.717) is 18.1 Å². The minimum Gasteiger partial charge on any atom is -0.368 e. The summed E-state index contributed by atoms with van der Waals surface area (Å²) in [5.41, 5.74) is 4.06. The summed E-state index contributed by atoms with van der Waals surface area (Å²) in [6, 6.07) is 10.8. The van der Waals surface area contributed by atoms with Gasteiger partial charge in [-0.15, -0.1) is 0 Å². The maximum absolute atomic E-state index is 13.9.